The second-order valence-electron chi connectivity index (χ2n) is 7.99. The van der Waals surface area contributed by atoms with Gasteiger partial charge in [0.25, 0.3) is 0 Å². The van der Waals surface area contributed by atoms with Gasteiger partial charge in [0.05, 0.1) is 19.3 Å². The van der Waals surface area contributed by atoms with Crippen LogP contribution in [0.15, 0.2) is 85.6 Å². The average molecular weight is 462 g/mol. The molecule has 0 aromatic heterocycles. The van der Waals surface area contributed by atoms with Crippen molar-refractivity contribution < 1.29 is 4.18 Å². The van der Waals surface area contributed by atoms with E-state index in [-0.39, 0.29) is 0 Å². The van der Waals surface area contributed by atoms with E-state index in [4.69, 9.17) is 0 Å². The molecule has 0 aliphatic heterocycles. The summed E-state index contributed by atoms with van der Waals surface area (Å²) in [5.41, 5.74) is 5.48. The van der Waals surface area contributed by atoms with Crippen molar-refractivity contribution >= 4 is 12.2 Å². The van der Waals surface area contributed by atoms with Gasteiger partial charge in [-0.25, -0.2) is 4.31 Å². The van der Waals surface area contributed by atoms with E-state index in [0.717, 1.165) is 35.5 Å². The molecule has 32 heavy (non-hydrogen) atoms. The Morgan fingerprint density at radius 3 is 1.88 bits per heavy atom. The number of hydrogen-bond acceptors (Lipinski definition) is 3. The van der Waals surface area contributed by atoms with Crippen LogP contribution in [0.1, 0.15) is 66.7 Å². The van der Waals surface area contributed by atoms with Crippen LogP contribution in [-0.4, -0.2) is 25.5 Å². The van der Waals surface area contributed by atoms with E-state index in [1.807, 2.05) is 18.4 Å². The first-order valence-corrected chi connectivity index (χ1v) is 12.2. The molecule has 0 amide bonds. The SMILES string of the molecule is C=C.C=C(/C=C(/CC)C(=C)C(=C)/C=C\C(=C)C(C)CCC(C)CC)CC.COSN(C)C. The van der Waals surface area contributed by atoms with E-state index in [1.165, 1.54) is 42.6 Å². The maximum absolute atomic E-state index is 4.65. The normalized spacial score (nSPS) is 12.8. The molecule has 2 unspecified atom stereocenters. The molecule has 0 saturated heterocycles. The third-order valence-corrected chi connectivity index (χ3v) is 5.58. The van der Waals surface area contributed by atoms with E-state index in [2.05, 4.69) is 96.5 Å². The molecule has 0 saturated carbocycles. The highest BCUT2D eigenvalue weighted by atomic mass is 32.2. The van der Waals surface area contributed by atoms with Crippen LogP contribution in [0.3, 0.4) is 0 Å². The van der Waals surface area contributed by atoms with Crippen molar-refractivity contribution in [2.24, 2.45) is 11.8 Å². The van der Waals surface area contributed by atoms with Gasteiger partial charge in [-0.2, -0.15) is 0 Å². The molecule has 0 aliphatic carbocycles. The zero-order valence-electron chi connectivity index (χ0n) is 22.4. The van der Waals surface area contributed by atoms with E-state index in [9.17, 15) is 0 Å². The minimum atomic E-state index is 0.511. The summed E-state index contributed by atoms with van der Waals surface area (Å²) in [5.74, 6) is 1.31. The van der Waals surface area contributed by atoms with Crippen LogP contribution in [0, 0.1) is 11.8 Å². The van der Waals surface area contributed by atoms with Gasteiger partial charge in [-0.15, -0.1) is 13.2 Å². The summed E-state index contributed by atoms with van der Waals surface area (Å²) >= 11 is 1.32. The van der Waals surface area contributed by atoms with Gasteiger partial charge >= 0.3 is 0 Å². The predicted molar refractivity (Wildman–Crippen MR) is 152 cm³/mol. The van der Waals surface area contributed by atoms with Crippen molar-refractivity contribution in [3.8, 4) is 0 Å². The van der Waals surface area contributed by atoms with Gasteiger partial charge in [0.2, 0.25) is 0 Å². The molecule has 184 valence electrons. The molecule has 0 aromatic carbocycles. The molecular formula is C29H51NOS. The van der Waals surface area contributed by atoms with Gasteiger partial charge in [-0.3, -0.25) is 0 Å². The van der Waals surface area contributed by atoms with Crippen molar-refractivity contribution in [3.05, 3.63) is 85.6 Å². The fourth-order valence-corrected chi connectivity index (χ4v) is 2.80. The van der Waals surface area contributed by atoms with E-state index in [1.54, 1.807) is 7.11 Å². The Bertz CT molecular complexity index is 613. The Kier molecular flexibility index (Phi) is 24.8. The monoisotopic (exact) mass is 461 g/mol. The second-order valence-corrected chi connectivity index (χ2v) is 9.21. The summed E-state index contributed by atoms with van der Waals surface area (Å²) in [6, 6.07) is 0. The summed E-state index contributed by atoms with van der Waals surface area (Å²) in [7, 11) is 5.49. The highest BCUT2D eigenvalue weighted by Gasteiger charge is 2.08. The Morgan fingerprint density at radius 2 is 1.50 bits per heavy atom. The van der Waals surface area contributed by atoms with Gasteiger partial charge < -0.3 is 4.18 Å². The van der Waals surface area contributed by atoms with Gasteiger partial charge in [0.15, 0.2) is 0 Å². The largest absolute Gasteiger partial charge is 0.304 e. The van der Waals surface area contributed by atoms with Gasteiger partial charge in [0.1, 0.15) is 0 Å². The smallest absolute Gasteiger partial charge is 0.0810 e. The Labute approximate surface area is 205 Å². The zero-order chi connectivity index (χ0) is 25.7. The van der Waals surface area contributed by atoms with E-state index >= 15 is 0 Å². The van der Waals surface area contributed by atoms with E-state index in [0.29, 0.717) is 5.92 Å². The molecule has 0 spiro atoms. The van der Waals surface area contributed by atoms with Crippen molar-refractivity contribution in [1.82, 2.24) is 4.31 Å². The third kappa shape index (κ3) is 19.2. The molecule has 0 aliphatic rings. The number of rotatable bonds is 14. The Hall–Kier alpha value is -1.55. The quantitative estimate of drug-likeness (QED) is 0.111. The van der Waals surface area contributed by atoms with Crippen LogP contribution in [-0.2, 0) is 4.18 Å². The molecule has 3 heteroatoms. The molecule has 0 rings (SSSR count). The average Bonchev–Trinajstić information content (AvgIpc) is 2.79. The molecule has 0 heterocycles. The molecule has 0 bridgehead atoms. The van der Waals surface area contributed by atoms with Crippen LogP contribution in [0.2, 0.25) is 0 Å². The number of allylic oxidation sites excluding steroid dienone is 8. The molecule has 0 aromatic rings. The minimum Gasteiger partial charge on any atom is -0.304 e. The molecule has 2 nitrogen and oxygen atoms in total. The topological polar surface area (TPSA) is 12.5 Å². The third-order valence-electron chi connectivity index (χ3n) is 5.13. The van der Waals surface area contributed by atoms with Crippen molar-refractivity contribution in [2.45, 2.75) is 66.7 Å². The highest BCUT2D eigenvalue weighted by Crippen LogP contribution is 2.24. The molecule has 2 atom stereocenters. The van der Waals surface area contributed by atoms with E-state index < -0.39 is 0 Å². The fourth-order valence-electron chi connectivity index (χ4n) is 2.50. The lowest BCUT2D eigenvalue weighted by Gasteiger charge is -2.15. The molecule has 0 N–H and O–H groups in total. The summed E-state index contributed by atoms with van der Waals surface area (Å²) in [4.78, 5) is 0. The second kappa shape index (κ2) is 22.6. The first-order valence-electron chi connectivity index (χ1n) is 11.6. The van der Waals surface area contributed by atoms with Crippen LogP contribution in [0.4, 0.5) is 0 Å². The van der Waals surface area contributed by atoms with Crippen LogP contribution < -0.4 is 0 Å². The van der Waals surface area contributed by atoms with Crippen molar-refractivity contribution in [3.63, 3.8) is 0 Å². The zero-order valence-corrected chi connectivity index (χ0v) is 23.2. The standard InChI is InChI=1S/C24H38.C3H9NOS.C2H4/c1-10-18(4)13-14-20(6)21(7)15-16-22(8)23(9)24(12-3)17-19(5)11-2;1-4(2)6-5-3;1-2/h15-18,20H,5,7-14H2,1-4,6H3;1-3H3;1-2H2/b16-15-,24-17-;;. The van der Waals surface area contributed by atoms with Crippen LogP contribution in [0.25, 0.3) is 0 Å². The Morgan fingerprint density at radius 1 is 0.938 bits per heavy atom. The lowest BCUT2D eigenvalue weighted by atomic mass is 9.90. The van der Waals surface area contributed by atoms with Crippen molar-refractivity contribution in [2.75, 3.05) is 21.2 Å². The summed E-state index contributed by atoms with van der Waals surface area (Å²) < 4.78 is 6.52. The van der Waals surface area contributed by atoms with Crippen LogP contribution in [0.5, 0.6) is 0 Å². The maximum Gasteiger partial charge on any atom is 0.0810 e. The molecule has 0 fully saturated rings. The number of nitrogens with zero attached hydrogens (tertiary/aromatic N) is 1. The predicted octanol–water partition coefficient (Wildman–Crippen LogP) is 9.54. The maximum atomic E-state index is 4.65. The van der Waals surface area contributed by atoms with Crippen LogP contribution >= 0.6 is 12.2 Å². The number of hydrogen-bond donors (Lipinski definition) is 0. The summed E-state index contributed by atoms with van der Waals surface area (Å²) in [6.45, 7) is 33.8. The minimum absolute atomic E-state index is 0.511. The lowest BCUT2D eigenvalue weighted by Crippen LogP contribution is -2.01. The molecular weight excluding hydrogens is 410 g/mol. The summed E-state index contributed by atoms with van der Waals surface area (Å²) in [6.07, 6.45) is 11.9. The lowest BCUT2D eigenvalue weighted by molar-refractivity contribution is 0.454. The molecule has 0 radical (unpaired) electrons. The van der Waals surface area contributed by atoms with Crippen molar-refractivity contribution in [1.29, 1.82) is 0 Å². The first-order chi connectivity index (χ1) is 15.0. The summed E-state index contributed by atoms with van der Waals surface area (Å²) in [5, 5.41) is 0. The first kappa shape index (κ1) is 35.0. The van der Waals surface area contributed by atoms with Gasteiger partial charge in [-0.05, 0) is 61.9 Å². The fraction of sp³-hybridized carbons (Fsp3) is 0.517. The highest BCUT2D eigenvalue weighted by molar-refractivity contribution is 7.92. The Balaban J connectivity index is -0.000000899. The van der Waals surface area contributed by atoms with Gasteiger partial charge in [0, 0.05) is 0 Å². The van der Waals surface area contributed by atoms with Gasteiger partial charge in [-0.1, -0.05) is 103 Å².